The molecule has 12 heavy (non-hydrogen) atoms. The van der Waals surface area contributed by atoms with Crippen molar-refractivity contribution in [2.75, 3.05) is 0 Å². The van der Waals surface area contributed by atoms with E-state index in [1.54, 1.807) is 6.07 Å². The van der Waals surface area contributed by atoms with Gasteiger partial charge in [-0.2, -0.15) is 9.78 Å². The first-order valence-corrected chi connectivity index (χ1v) is 3.71. The van der Waals surface area contributed by atoms with Crippen molar-refractivity contribution in [3.8, 4) is 0 Å². The van der Waals surface area contributed by atoms with Gasteiger partial charge in [0.15, 0.2) is 0 Å². The van der Waals surface area contributed by atoms with E-state index in [0.717, 1.165) is 10.4 Å². The van der Waals surface area contributed by atoms with Gasteiger partial charge in [0, 0.05) is 11.6 Å². The lowest BCUT2D eigenvalue weighted by molar-refractivity contribution is 0.192. The Balaban J connectivity index is 3.00. The average Bonchev–Trinajstić information content (AvgIpc) is 2.30. The number of carbonyl (C=O) groups is 1. The number of hydrogen-bond acceptors (Lipinski definition) is 2. The summed E-state index contributed by atoms with van der Waals surface area (Å²) in [6, 6.07) is 1.72. The molecule has 0 spiro atoms. The zero-order chi connectivity index (χ0) is 9.35. The largest absolute Gasteiger partial charge is 0.463 e. The first-order chi connectivity index (χ1) is 5.41. The Kier molecular flexibility index (Phi) is 1.92. The number of hydrogen-bond donors (Lipinski definition) is 1. The summed E-state index contributed by atoms with van der Waals surface area (Å²) in [7, 11) is 0. The van der Waals surface area contributed by atoms with E-state index in [4.69, 9.17) is 5.11 Å². The highest BCUT2D eigenvalue weighted by molar-refractivity contribution is 5.66. The van der Waals surface area contributed by atoms with E-state index < -0.39 is 6.09 Å². The minimum absolute atomic E-state index is 0.0965. The van der Waals surface area contributed by atoms with Gasteiger partial charge >= 0.3 is 6.09 Å². The Morgan fingerprint density at radius 2 is 2.17 bits per heavy atom. The second-order valence-electron chi connectivity index (χ2n) is 3.68. The van der Waals surface area contributed by atoms with E-state index in [9.17, 15) is 4.79 Å². The fraction of sp³-hybridized carbons (Fsp3) is 0.500. The van der Waals surface area contributed by atoms with E-state index >= 15 is 0 Å². The molecule has 0 bridgehead atoms. The lowest BCUT2D eigenvalue weighted by Gasteiger charge is -2.13. The molecule has 66 valence electrons. The van der Waals surface area contributed by atoms with Crippen molar-refractivity contribution in [3.05, 3.63) is 18.0 Å². The van der Waals surface area contributed by atoms with Gasteiger partial charge in [-0.1, -0.05) is 20.8 Å². The van der Waals surface area contributed by atoms with Crippen molar-refractivity contribution in [1.82, 2.24) is 9.78 Å². The van der Waals surface area contributed by atoms with Crippen LogP contribution in [0.3, 0.4) is 0 Å². The molecule has 0 aliphatic carbocycles. The molecule has 0 fully saturated rings. The van der Waals surface area contributed by atoms with Gasteiger partial charge in [-0.3, -0.25) is 0 Å². The number of aromatic nitrogens is 2. The third-order valence-electron chi connectivity index (χ3n) is 1.55. The van der Waals surface area contributed by atoms with Crippen molar-refractivity contribution in [3.63, 3.8) is 0 Å². The van der Waals surface area contributed by atoms with E-state index in [1.807, 2.05) is 20.8 Å². The summed E-state index contributed by atoms with van der Waals surface area (Å²) in [6.45, 7) is 5.96. The molecule has 0 radical (unpaired) electrons. The summed E-state index contributed by atoms with van der Waals surface area (Å²) < 4.78 is 0.917. The van der Waals surface area contributed by atoms with Crippen LogP contribution in [0.25, 0.3) is 0 Å². The standard InChI is InChI=1S/C8H12N2O2/c1-8(2,3)6-4-5-10(9-6)7(11)12/h4-5H,1-3H3,(H,11,12). The van der Waals surface area contributed by atoms with E-state index in [0.29, 0.717) is 0 Å². The van der Waals surface area contributed by atoms with Gasteiger partial charge in [0.2, 0.25) is 0 Å². The Labute approximate surface area is 70.8 Å². The molecule has 4 nitrogen and oxygen atoms in total. The van der Waals surface area contributed by atoms with Gasteiger partial charge in [0.25, 0.3) is 0 Å². The molecule has 0 aliphatic rings. The van der Waals surface area contributed by atoms with E-state index in [1.165, 1.54) is 6.20 Å². The molecule has 1 N–H and O–H groups in total. The van der Waals surface area contributed by atoms with Crippen molar-refractivity contribution in [2.45, 2.75) is 26.2 Å². The molecule has 0 aromatic carbocycles. The maximum atomic E-state index is 10.4. The molecule has 0 saturated carbocycles. The average molecular weight is 168 g/mol. The first-order valence-electron chi connectivity index (χ1n) is 3.71. The molecule has 0 aliphatic heterocycles. The van der Waals surface area contributed by atoms with Crippen molar-refractivity contribution in [2.24, 2.45) is 0 Å². The third kappa shape index (κ3) is 1.64. The number of nitrogens with zero attached hydrogens (tertiary/aromatic N) is 2. The van der Waals surface area contributed by atoms with Gasteiger partial charge in [0.1, 0.15) is 0 Å². The Morgan fingerprint density at radius 3 is 2.42 bits per heavy atom. The molecule has 1 rings (SSSR count). The summed E-state index contributed by atoms with van der Waals surface area (Å²) in [4.78, 5) is 10.4. The minimum atomic E-state index is -1.05. The van der Waals surface area contributed by atoms with Crippen LogP contribution in [-0.4, -0.2) is 21.0 Å². The minimum Gasteiger partial charge on any atom is -0.463 e. The zero-order valence-corrected chi connectivity index (χ0v) is 7.40. The second-order valence-corrected chi connectivity index (χ2v) is 3.68. The third-order valence-corrected chi connectivity index (χ3v) is 1.55. The lowest BCUT2D eigenvalue weighted by Crippen LogP contribution is -2.15. The zero-order valence-electron chi connectivity index (χ0n) is 7.40. The predicted molar refractivity (Wildman–Crippen MR) is 44.3 cm³/mol. The van der Waals surface area contributed by atoms with Gasteiger partial charge in [0.05, 0.1) is 5.69 Å². The van der Waals surface area contributed by atoms with Crippen LogP contribution in [0.2, 0.25) is 0 Å². The van der Waals surface area contributed by atoms with Crippen LogP contribution < -0.4 is 0 Å². The van der Waals surface area contributed by atoms with Gasteiger partial charge < -0.3 is 5.11 Å². The van der Waals surface area contributed by atoms with Crippen LogP contribution in [0.1, 0.15) is 26.5 Å². The van der Waals surface area contributed by atoms with Crippen molar-refractivity contribution in [1.29, 1.82) is 0 Å². The number of carboxylic acid groups (broad SMARTS) is 1. The molecule has 0 atom stereocenters. The predicted octanol–water partition coefficient (Wildman–Crippen LogP) is 1.71. The summed E-state index contributed by atoms with van der Waals surface area (Å²) in [5.74, 6) is 0. The van der Waals surface area contributed by atoms with Crippen molar-refractivity contribution < 1.29 is 9.90 Å². The normalized spacial score (nSPS) is 11.6. The molecule has 0 unspecified atom stereocenters. The molecule has 0 saturated heterocycles. The highest BCUT2D eigenvalue weighted by Gasteiger charge is 2.17. The first kappa shape index (κ1) is 8.77. The molecule has 1 aromatic heterocycles. The summed E-state index contributed by atoms with van der Waals surface area (Å²) in [5, 5.41) is 12.5. The fourth-order valence-corrected chi connectivity index (χ4v) is 0.830. The fourth-order valence-electron chi connectivity index (χ4n) is 0.830. The molecular formula is C8H12N2O2. The van der Waals surface area contributed by atoms with Crippen molar-refractivity contribution >= 4 is 6.09 Å². The molecule has 4 heteroatoms. The molecular weight excluding hydrogens is 156 g/mol. The topological polar surface area (TPSA) is 55.1 Å². The van der Waals surface area contributed by atoms with Gasteiger partial charge in [-0.05, 0) is 6.07 Å². The number of rotatable bonds is 0. The molecule has 1 heterocycles. The molecule has 1 aromatic rings. The Bertz CT molecular complexity index is 296. The van der Waals surface area contributed by atoms with Crippen LogP contribution in [0.5, 0.6) is 0 Å². The smallest absolute Gasteiger partial charge is 0.432 e. The van der Waals surface area contributed by atoms with Crippen LogP contribution >= 0.6 is 0 Å². The summed E-state index contributed by atoms with van der Waals surface area (Å²) in [5.41, 5.74) is 0.686. The summed E-state index contributed by atoms with van der Waals surface area (Å²) in [6.07, 6.45) is 0.397. The van der Waals surface area contributed by atoms with E-state index in [-0.39, 0.29) is 5.41 Å². The maximum Gasteiger partial charge on any atom is 0.432 e. The highest BCUT2D eigenvalue weighted by atomic mass is 16.4. The SMILES string of the molecule is CC(C)(C)c1ccn(C(=O)O)n1. The van der Waals surface area contributed by atoms with Crippen LogP contribution in [-0.2, 0) is 5.41 Å². The maximum absolute atomic E-state index is 10.4. The van der Waals surface area contributed by atoms with Crippen LogP contribution in [0.15, 0.2) is 12.3 Å². The Hall–Kier alpha value is -1.32. The quantitative estimate of drug-likeness (QED) is 0.641. The van der Waals surface area contributed by atoms with Crippen LogP contribution in [0, 0.1) is 0 Å². The van der Waals surface area contributed by atoms with Gasteiger partial charge in [-0.15, -0.1) is 0 Å². The Morgan fingerprint density at radius 1 is 1.58 bits per heavy atom. The van der Waals surface area contributed by atoms with Gasteiger partial charge in [-0.25, -0.2) is 4.79 Å². The second kappa shape index (κ2) is 2.62. The van der Waals surface area contributed by atoms with Crippen LogP contribution in [0.4, 0.5) is 4.79 Å². The summed E-state index contributed by atoms with van der Waals surface area (Å²) >= 11 is 0. The molecule has 0 amide bonds. The van der Waals surface area contributed by atoms with E-state index in [2.05, 4.69) is 5.10 Å². The monoisotopic (exact) mass is 168 g/mol. The highest BCUT2D eigenvalue weighted by Crippen LogP contribution is 2.19. The lowest BCUT2D eigenvalue weighted by atomic mass is 9.93.